The Morgan fingerprint density at radius 2 is 1.92 bits per heavy atom. The lowest BCUT2D eigenvalue weighted by molar-refractivity contribution is -0.133. The highest BCUT2D eigenvalue weighted by Gasteiger charge is 2.31. The van der Waals surface area contributed by atoms with Gasteiger partial charge in [-0.25, -0.2) is 9.82 Å². The third-order valence-electron chi connectivity index (χ3n) is 4.09. The number of benzene rings is 2. The Balaban J connectivity index is 1.51. The van der Waals surface area contributed by atoms with Gasteiger partial charge in [-0.15, -0.1) is 0 Å². The molecule has 3 rings (SSSR count). The van der Waals surface area contributed by atoms with Crippen LogP contribution in [0.3, 0.4) is 0 Å². The van der Waals surface area contributed by atoms with E-state index in [0.29, 0.717) is 18.5 Å². The van der Waals surface area contributed by atoms with Crippen LogP contribution in [0.1, 0.15) is 23.5 Å². The highest BCUT2D eigenvalue weighted by Crippen LogP contribution is 2.27. The molecule has 0 radical (unpaired) electrons. The molecule has 2 amide bonds. The van der Waals surface area contributed by atoms with Crippen LogP contribution in [0.15, 0.2) is 59.7 Å². The zero-order valence-electron chi connectivity index (χ0n) is 13.6. The molecule has 1 aliphatic rings. The SMILES string of the molecule is O=C(CN1C[C@@H](c2ccccc2)CC1=O)N/N=C\c1ccc(F)cc1. The topological polar surface area (TPSA) is 61.8 Å². The van der Waals surface area contributed by atoms with Crippen LogP contribution in [0, 0.1) is 5.82 Å². The first kappa shape index (κ1) is 16.8. The average Bonchev–Trinajstić information content (AvgIpc) is 2.98. The summed E-state index contributed by atoms with van der Waals surface area (Å²) in [6, 6.07) is 15.6. The van der Waals surface area contributed by atoms with E-state index in [1.165, 1.54) is 18.3 Å². The lowest BCUT2D eigenvalue weighted by Crippen LogP contribution is -2.36. The van der Waals surface area contributed by atoms with Gasteiger partial charge >= 0.3 is 0 Å². The summed E-state index contributed by atoms with van der Waals surface area (Å²) in [6.45, 7) is 0.501. The third kappa shape index (κ3) is 4.50. The van der Waals surface area contributed by atoms with Crippen molar-refractivity contribution >= 4 is 18.0 Å². The summed E-state index contributed by atoms with van der Waals surface area (Å²) in [5, 5.41) is 3.83. The molecule has 0 aromatic heterocycles. The van der Waals surface area contributed by atoms with Crippen molar-refractivity contribution in [3.8, 4) is 0 Å². The molecule has 0 saturated carbocycles. The van der Waals surface area contributed by atoms with Crippen LogP contribution >= 0.6 is 0 Å². The monoisotopic (exact) mass is 339 g/mol. The second-order valence-electron chi connectivity index (χ2n) is 5.93. The van der Waals surface area contributed by atoms with Gasteiger partial charge in [0.25, 0.3) is 5.91 Å². The molecule has 0 spiro atoms. The zero-order chi connectivity index (χ0) is 17.6. The number of hydrogen-bond acceptors (Lipinski definition) is 3. The Morgan fingerprint density at radius 1 is 1.20 bits per heavy atom. The normalized spacial score (nSPS) is 17.2. The van der Waals surface area contributed by atoms with Gasteiger partial charge in [0, 0.05) is 18.9 Å². The molecule has 5 nitrogen and oxygen atoms in total. The van der Waals surface area contributed by atoms with Gasteiger partial charge in [-0.1, -0.05) is 42.5 Å². The van der Waals surface area contributed by atoms with Crippen LogP contribution in [0.4, 0.5) is 4.39 Å². The highest BCUT2D eigenvalue weighted by molar-refractivity contribution is 5.87. The summed E-state index contributed by atoms with van der Waals surface area (Å²) >= 11 is 0. The van der Waals surface area contributed by atoms with Crippen LogP contribution in [-0.2, 0) is 9.59 Å². The molecule has 128 valence electrons. The lowest BCUT2D eigenvalue weighted by Gasteiger charge is -2.15. The fraction of sp³-hybridized carbons (Fsp3) is 0.211. The molecule has 0 unspecified atom stereocenters. The van der Waals surface area contributed by atoms with E-state index in [-0.39, 0.29) is 30.1 Å². The molecule has 2 aromatic carbocycles. The molecular weight excluding hydrogens is 321 g/mol. The van der Waals surface area contributed by atoms with Gasteiger partial charge in [-0.05, 0) is 23.3 Å². The molecule has 1 aliphatic heterocycles. The first-order valence-electron chi connectivity index (χ1n) is 8.02. The van der Waals surface area contributed by atoms with E-state index in [2.05, 4.69) is 10.5 Å². The fourth-order valence-electron chi connectivity index (χ4n) is 2.81. The Morgan fingerprint density at radius 3 is 2.64 bits per heavy atom. The molecule has 25 heavy (non-hydrogen) atoms. The fourth-order valence-corrected chi connectivity index (χ4v) is 2.81. The Kier molecular flexibility index (Phi) is 5.18. The first-order chi connectivity index (χ1) is 12.1. The number of carbonyl (C=O) groups excluding carboxylic acids is 2. The van der Waals surface area contributed by atoms with Crippen LogP contribution in [0.25, 0.3) is 0 Å². The summed E-state index contributed by atoms with van der Waals surface area (Å²) < 4.78 is 12.8. The summed E-state index contributed by atoms with van der Waals surface area (Å²) in [5.74, 6) is -0.613. The van der Waals surface area contributed by atoms with E-state index in [1.54, 1.807) is 17.0 Å². The minimum atomic E-state index is -0.361. The average molecular weight is 339 g/mol. The van der Waals surface area contributed by atoms with Crippen molar-refractivity contribution in [2.75, 3.05) is 13.1 Å². The van der Waals surface area contributed by atoms with Crippen molar-refractivity contribution < 1.29 is 14.0 Å². The maximum Gasteiger partial charge on any atom is 0.259 e. The van der Waals surface area contributed by atoms with E-state index in [1.807, 2.05) is 30.3 Å². The van der Waals surface area contributed by atoms with Crippen molar-refractivity contribution in [3.63, 3.8) is 0 Å². The number of halogens is 1. The summed E-state index contributed by atoms with van der Waals surface area (Å²) in [4.78, 5) is 25.6. The Labute approximate surface area is 145 Å². The van der Waals surface area contributed by atoms with Crippen LogP contribution < -0.4 is 5.43 Å². The molecule has 0 aliphatic carbocycles. The van der Waals surface area contributed by atoms with Gasteiger partial charge in [0.15, 0.2) is 0 Å². The van der Waals surface area contributed by atoms with E-state index in [0.717, 1.165) is 5.56 Å². The van der Waals surface area contributed by atoms with Crippen molar-refractivity contribution in [1.29, 1.82) is 0 Å². The van der Waals surface area contributed by atoms with Crippen LogP contribution in [-0.4, -0.2) is 36.0 Å². The summed E-state index contributed by atoms with van der Waals surface area (Å²) in [5.41, 5.74) is 4.16. The van der Waals surface area contributed by atoms with Crippen LogP contribution in [0.2, 0.25) is 0 Å². The molecular formula is C19H18FN3O2. The molecule has 1 saturated heterocycles. The molecule has 2 aromatic rings. The number of hydrazone groups is 1. The Bertz CT molecular complexity index is 775. The quantitative estimate of drug-likeness (QED) is 0.671. The van der Waals surface area contributed by atoms with E-state index >= 15 is 0 Å². The highest BCUT2D eigenvalue weighted by atomic mass is 19.1. The van der Waals surface area contributed by atoms with Crippen molar-refractivity contribution in [2.45, 2.75) is 12.3 Å². The maximum atomic E-state index is 12.8. The molecule has 1 fully saturated rings. The maximum absolute atomic E-state index is 12.8. The molecule has 1 heterocycles. The smallest absolute Gasteiger partial charge is 0.259 e. The summed E-state index contributed by atoms with van der Waals surface area (Å²) in [6.07, 6.45) is 1.84. The summed E-state index contributed by atoms with van der Waals surface area (Å²) in [7, 11) is 0. The molecule has 1 atom stereocenters. The molecule has 0 bridgehead atoms. The van der Waals surface area contributed by atoms with Crippen molar-refractivity contribution in [2.24, 2.45) is 5.10 Å². The number of hydrogen-bond donors (Lipinski definition) is 1. The largest absolute Gasteiger partial charge is 0.333 e. The van der Waals surface area contributed by atoms with Gasteiger partial charge in [0.2, 0.25) is 5.91 Å². The number of nitrogens with zero attached hydrogens (tertiary/aromatic N) is 2. The van der Waals surface area contributed by atoms with E-state index in [4.69, 9.17) is 0 Å². The van der Waals surface area contributed by atoms with Crippen molar-refractivity contribution in [3.05, 3.63) is 71.5 Å². The Hall–Kier alpha value is -3.02. The molecule has 6 heteroatoms. The van der Waals surface area contributed by atoms with E-state index < -0.39 is 0 Å². The number of amides is 2. The standard InChI is InChI=1S/C19H18FN3O2/c20-17-8-6-14(7-9-17)11-21-22-18(24)13-23-12-16(10-19(23)25)15-4-2-1-3-5-15/h1-9,11,16H,10,12-13H2,(H,22,24)/b21-11-/t16-/m0/s1. The number of carbonyl (C=O) groups is 2. The minimum absolute atomic E-state index is 0.0249. The lowest BCUT2D eigenvalue weighted by atomic mass is 9.99. The van der Waals surface area contributed by atoms with Crippen LogP contribution in [0.5, 0.6) is 0 Å². The number of likely N-dealkylation sites (tertiary alicyclic amines) is 1. The zero-order valence-corrected chi connectivity index (χ0v) is 13.6. The third-order valence-corrected chi connectivity index (χ3v) is 4.09. The second kappa shape index (κ2) is 7.70. The van der Waals surface area contributed by atoms with Gasteiger partial charge in [0.1, 0.15) is 12.4 Å². The van der Waals surface area contributed by atoms with E-state index in [9.17, 15) is 14.0 Å². The number of rotatable bonds is 5. The minimum Gasteiger partial charge on any atom is -0.333 e. The first-order valence-corrected chi connectivity index (χ1v) is 8.02. The van der Waals surface area contributed by atoms with Crippen molar-refractivity contribution in [1.82, 2.24) is 10.3 Å². The number of nitrogens with one attached hydrogen (secondary N) is 1. The van der Waals surface area contributed by atoms with Gasteiger partial charge in [0.05, 0.1) is 6.21 Å². The predicted octanol–water partition coefficient (Wildman–Crippen LogP) is 2.29. The predicted molar refractivity (Wildman–Crippen MR) is 92.5 cm³/mol. The van der Waals surface area contributed by atoms with Gasteiger partial charge in [-0.2, -0.15) is 5.10 Å². The van der Waals surface area contributed by atoms with Gasteiger partial charge in [-0.3, -0.25) is 9.59 Å². The second-order valence-corrected chi connectivity index (χ2v) is 5.93. The van der Waals surface area contributed by atoms with Gasteiger partial charge < -0.3 is 4.90 Å². The molecule has 1 N–H and O–H groups in total.